The molecule has 11 heteroatoms. The van der Waals surface area contributed by atoms with Gasteiger partial charge >= 0.3 is 0 Å². The maximum absolute atomic E-state index is 13.6. The van der Waals surface area contributed by atoms with Crippen LogP contribution in [-0.4, -0.2) is 59.7 Å². The minimum absolute atomic E-state index is 0. The molecule has 2 N–H and O–H groups in total. The molecule has 24 heavy (non-hydrogen) atoms. The predicted molar refractivity (Wildman–Crippen MR) is 99.6 cm³/mol. The number of nitrogens with one attached hydrogen (secondary N) is 2. The van der Waals surface area contributed by atoms with Crippen molar-refractivity contribution in [3.63, 3.8) is 0 Å². The first-order valence-corrected chi connectivity index (χ1v) is 9.17. The van der Waals surface area contributed by atoms with E-state index in [9.17, 15) is 12.8 Å². The smallest absolute Gasteiger partial charge is 0.244 e. The van der Waals surface area contributed by atoms with Gasteiger partial charge in [0.05, 0.1) is 11.6 Å². The van der Waals surface area contributed by atoms with Gasteiger partial charge in [0.2, 0.25) is 10.0 Å². The van der Waals surface area contributed by atoms with Crippen molar-refractivity contribution >= 4 is 50.8 Å². The normalized spacial score (nSPS) is 15.3. The molecule has 140 valence electrons. The molecule has 1 fully saturated rings. The van der Waals surface area contributed by atoms with Gasteiger partial charge in [0.15, 0.2) is 0 Å². The first-order chi connectivity index (χ1) is 10.4. The third-order valence-electron chi connectivity index (χ3n) is 3.43. The van der Waals surface area contributed by atoms with E-state index in [0.29, 0.717) is 6.54 Å². The maximum atomic E-state index is 13.6. The monoisotopic (exact) mass is 467 g/mol. The highest BCUT2D eigenvalue weighted by molar-refractivity contribution is 9.10. The average molecular weight is 469 g/mol. The molecule has 6 nitrogen and oxygen atoms in total. The van der Waals surface area contributed by atoms with Crippen LogP contribution in [0.15, 0.2) is 21.5 Å². The van der Waals surface area contributed by atoms with Crippen LogP contribution >= 0.6 is 40.7 Å². The Bertz CT molecular complexity index is 631. The Hall–Kier alpha value is -0.160. The minimum atomic E-state index is -3.82. The van der Waals surface area contributed by atoms with Crippen molar-refractivity contribution < 1.29 is 17.5 Å². The number of sulfonamides is 1. The van der Waals surface area contributed by atoms with E-state index in [-0.39, 0.29) is 46.5 Å². The van der Waals surface area contributed by atoms with Crippen LogP contribution in [0.4, 0.5) is 4.39 Å². The van der Waals surface area contributed by atoms with Gasteiger partial charge in [-0.05, 0) is 28.1 Å². The second-order valence-electron chi connectivity index (χ2n) is 4.91. The molecule has 1 aromatic carbocycles. The van der Waals surface area contributed by atoms with Gasteiger partial charge in [0.1, 0.15) is 16.5 Å². The molecule has 0 radical (unpaired) electrons. The van der Waals surface area contributed by atoms with Gasteiger partial charge in [0.25, 0.3) is 0 Å². The fourth-order valence-corrected chi connectivity index (χ4v) is 3.73. The van der Waals surface area contributed by atoms with Gasteiger partial charge in [-0.1, -0.05) is 0 Å². The standard InChI is InChI=1S/C13H19BrFN3O3S.2ClH/c1-21-12-8-10(14)11(15)9-13(12)22(19,20)17-4-7-18-5-2-16-3-6-18;;/h8-9,16-17H,2-7H2,1H3;2*1H. The summed E-state index contributed by atoms with van der Waals surface area (Å²) in [6.07, 6.45) is 0. The van der Waals surface area contributed by atoms with Crippen LogP contribution < -0.4 is 14.8 Å². The zero-order valence-electron chi connectivity index (χ0n) is 13.0. The first-order valence-electron chi connectivity index (χ1n) is 6.90. The Balaban J connectivity index is 0.00000264. The van der Waals surface area contributed by atoms with E-state index in [2.05, 4.69) is 30.9 Å². The van der Waals surface area contributed by atoms with Crippen molar-refractivity contribution in [2.24, 2.45) is 0 Å². The number of rotatable bonds is 6. The summed E-state index contributed by atoms with van der Waals surface area (Å²) < 4.78 is 45.9. The Labute approximate surface area is 162 Å². The van der Waals surface area contributed by atoms with Crippen LogP contribution in [0.1, 0.15) is 0 Å². The number of methoxy groups -OCH3 is 1. The zero-order valence-corrected chi connectivity index (χ0v) is 17.1. The SMILES string of the molecule is COc1cc(Br)c(F)cc1S(=O)(=O)NCCN1CCNCC1.Cl.Cl. The molecule has 0 aromatic heterocycles. The van der Waals surface area contributed by atoms with Crippen LogP contribution in [0.25, 0.3) is 0 Å². The van der Waals surface area contributed by atoms with E-state index >= 15 is 0 Å². The topological polar surface area (TPSA) is 70.7 Å². The van der Waals surface area contributed by atoms with Crippen LogP contribution in [-0.2, 0) is 10.0 Å². The maximum Gasteiger partial charge on any atom is 0.244 e. The van der Waals surface area contributed by atoms with Crippen LogP contribution in [0, 0.1) is 5.82 Å². The number of hydrogen-bond acceptors (Lipinski definition) is 5. The third kappa shape index (κ3) is 6.29. The Morgan fingerprint density at radius 1 is 1.33 bits per heavy atom. The highest BCUT2D eigenvalue weighted by Crippen LogP contribution is 2.29. The molecule has 0 aliphatic carbocycles. The predicted octanol–water partition coefficient (Wildman–Crippen LogP) is 1.62. The number of ether oxygens (including phenoxy) is 1. The second kappa shape index (κ2) is 10.7. The molecular weight excluding hydrogens is 448 g/mol. The summed E-state index contributed by atoms with van der Waals surface area (Å²) in [4.78, 5) is 1.97. The van der Waals surface area contributed by atoms with Gasteiger partial charge in [-0.2, -0.15) is 0 Å². The lowest BCUT2D eigenvalue weighted by molar-refractivity contribution is 0.245. The van der Waals surface area contributed by atoms with Crippen LogP contribution in [0.2, 0.25) is 0 Å². The van der Waals surface area contributed by atoms with E-state index in [1.165, 1.54) is 13.2 Å². The number of hydrogen-bond donors (Lipinski definition) is 2. The van der Waals surface area contributed by atoms with Crippen molar-refractivity contribution in [3.8, 4) is 5.75 Å². The molecule has 1 aliphatic rings. The highest BCUT2D eigenvalue weighted by Gasteiger charge is 2.22. The van der Waals surface area contributed by atoms with E-state index in [4.69, 9.17) is 4.74 Å². The van der Waals surface area contributed by atoms with E-state index in [1.54, 1.807) is 0 Å². The van der Waals surface area contributed by atoms with Gasteiger partial charge in [-0.15, -0.1) is 24.8 Å². The zero-order chi connectivity index (χ0) is 16.2. The van der Waals surface area contributed by atoms with Crippen molar-refractivity contribution in [3.05, 3.63) is 22.4 Å². The van der Waals surface area contributed by atoms with Gasteiger partial charge in [-0.3, -0.25) is 4.90 Å². The van der Waals surface area contributed by atoms with E-state index in [0.717, 1.165) is 32.2 Å². The quantitative estimate of drug-likeness (QED) is 0.663. The lowest BCUT2D eigenvalue weighted by Crippen LogP contribution is -2.46. The number of halogens is 4. The third-order valence-corrected chi connectivity index (χ3v) is 5.52. The van der Waals surface area contributed by atoms with Crippen molar-refractivity contribution in [2.75, 3.05) is 46.4 Å². The van der Waals surface area contributed by atoms with Crippen LogP contribution in [0.3, 0.4) is 0 Å². The summed E-state index contributed by atoms with van der Waals surface area (Å²) in [5, 5.41) is 3.23. The van der Waals surface area contributed by atoms with Gasteiger partial charge < -0.3 is 10.1 Å². The summed E-state index contributed by atoms with van der Waals surface area (Å²) in [5.41, 5.74) is 0. The van der Waals surface area contributed by atoms with E-state index in [1.807, 2.05) is 0 Å². The molecule has 0 amide bonds. The first kappa shape index (κ1) is 23.8. The fraction of sp³-hybridized carbons (Fsp3) is 0.538. The number of piperazine rings is 1. The molecular formula is C13H21BrCl2FN3O3S. The number of nitrogens with zero attached hydrogens (tertiary/aromatic N) is 1. The summed E-state index contributed by atoms with van der Waals surface area (Å²) in [5.74, 6) is -0.550. The fourth-order valence-electron chi connectivity index (χ4n) is 2.23. The molecule has 2 rings (SSSR count). The largest absolute Gasteiger partial charge is 0.495 e. The Morgan fingerprint density at radius 3 is 2.54 bits per heavy atom. The molecule has 0 unspecified atom stereocenters. The molecule has 1 aromatic rings. The summed E-state index contributed by atoms with van der Waals surface area (Å²) in [6, 6.07) is 2.26. The molecule has 1 saturated heterocycles. The molecule has 1 heterocycles. The van der Waals surface area contributed by atoms with Gasteiger partial charge in [0, 0.05) is 39.3 Å². The van der Waals surface area contributed by atoms with Crippen molar-refractivity contribution in [2.45, 2.75) is 4.90 Å². The molecule has 0 bridgehead atoms. The highest BCUT2D eigenvalue weighted by atomic mass is 79.9. The molecule has 0 atom stereocenters. The van der Waals surface area contributed by atoms with Crippen LogP contribution in [0.5, 0.6) is 5.75 Å². The molecule has 1 aliphatic heterocycles. The molecule has 0 saturated carbocycles. The van der Waals surface area contributed by atoms with E-state index < -0.39 is 15.8 Å². The summed E-state index contributed by atoms with van der Waals surface area (Å²) in [7, 11) is -2.47. The molecule has 0 spiro atoms. The van der Waals surface area contributed by atoms with Crippen molar-refractivity contribution in [1.29, 1.82) is 0 Å². The van der Waals surface area contributed by atoms with Crippen molar-refractivity contribution in [1.82, 2.24) is 14.9 Å². The lowest BCUT2D eigenvalue weighted by atomic mass is 10.3. The summed E-state index contributed by atoms with van der Waals surface area (Å²) in [6.45, 7) is 4.46. The number of benzene rings is 1. The lowest BCUT2D eigenvalue weighted by Gasteiger charge is -2.27. The Kier molecular flexibility index (Phi) is 10.7. The average Bonchev–Trinajstić information content (AvgIpc) is 2.50. The second-order valence-corrected chi connectivity index (χ2v) is 7.50. The summed E-state index contributed by atoms with van der Waals surface area (Å²) >= 11 is 3.01. The minimum Gasteiger partial charge on any atom is -0.495 e. The van der Waals surface area contributed by atoms with Gasteiger partial charge in [-0.25, -0.2) is 17.5 Å². The Morgan fingerprint density at radius 2 is 1.96 bits per heavy atom.